The molecule has 2 aromatic carbocycles. The zero-order valence-electron chi connectivity index (χ0n) is 19.4. The van der Waals surface area contributed by atoms with E-state index in [1.807, 2.05) is 44.2 Å². The van der Waals surface area contributed by atoms with Crippen LogP contribution in [0.3, 0.4) is 0 Å². The summed E-state index contributed by atoms with van der Waals surface area (Å²) in [5.41, 5.74) is 4.08. The molecule has 0 aliphatic rings. The number of benzene rings is 2. The van der Waals surface area contributed by atoms with E-state index in [4.69, 9.17) is 18.6 Å². The molecule has 0 saturated carbocycles. The van der Waals surface area contributed by atoms with E-state index in [1.54, 1.807) is 26.6 Å². The van der Waals surface area contributed by atoms with Crippen LogP contribution in [0, 0.1) is 0 Å². The molecule has 0 atom stereocenters. The van der Waals surface area contributed by atoms with E-state index >= 15 is 0 Å². The molecule has 1 aromatic heterocycles. The number of carbonyl (C=O) groups excluding carboxylic acids is 1. The lowest BCUT2D eigenvalue weighted by Crippen LogP contribution is -2.22. The number of hydrogen-bond acceptors (Lipinski definition) is 5. The molecule has 0 fully saturated rings. The Morgan fingerprint density at radius 2 is 1.88 bits per heavy atom. The number of hydrogen-bond donors (Lipinski definition) is 1. The molecule has 0 unspecified atom stereocenters. The van der Waals surface area contributed by atoms with Crippen LogP contribution in [0.4, 0.5) is 0 Å². The van der Waals surface area contributed by atoms with E-state index in [1.165, 1.54) is 0 Å². The number of nitrogens with one attached hydrogen (secondary N) is 1. The van der Waals surface area contributed by atoms with Crippen LogP contribution in [-0.2, 0) is 4.79 Å². The summed E-state index contributed by atoms with van der Waals surface area (Å²) in [5.74, 6) is 2.00. The van der Waals surface area contributed by atoms with Crippen LogP contribution >= 0.6 is 0 Å². The predicted molar refractivity (Wildman–Crippen MR) is 127 cm³/mol. The highest BCUT2D eigenvalue weighted by molar-refractivity contribution is 6.01. The first kappa shape index (κ1) is 23.3. The van der Waals surface area contributed by atoms with Crippen LogP contribution in [0.15, 0.2) is 47.1 Å². The molecule has 3 rings (SSSR count). The second-order valence-electron chi connectivity index (χ2n) is 7.47. The molecule has 0 saturated heterocycles. The van der Waals surface area contributed by atoms with Crippen LogP contribution in [-0.4, -0.2) is 33.3 Å². The topological polar surface area (TPSA) is 69.9 Å². The van der Waals surface area contributed by atoms with Crippen molar-refractivity contribution in [3.8, 4) is 28.4 Å². The van der Waals surface area contributed by atoms with Crippen molar-refractivity contribution >= 4 is 22.4 Å². The molecule has 3 aromatic rings. The zero-order valence-corrected chi connectivity index (χ0v) is 19.4. The summed E-state index contributed by atoms with van der Waals surface area (Å²) in [7, 11) is 3.27. The van der Waals surface area contributed by atoms with Gasteiger partial charge in [0, 0.05) is 40.8 Å². The smallest absolute Gasteiger partial charge is 0.244 e. The van der Waals surface area contributed by atoms with E-state index in [2.05, 4.69) is 12.2 Å². The molecule has 1 amide bonds. The van der Waals surface area contributed by atoms with Gasteiger partial charge in [0.25, 0.3) is 0 Å². The van der Waals surface area contributed by atoms with Crippen LogP contribution in [0.25, 0.3) is 27.7 Å². The summed E-state index contributed by atoms with van der Waals surface area (Å²) in [5, 5.41) is 3.83. The van der Waals surface area contributed by atoms with Crippen molar-refractivity contribution in [2.45, 2.75) is 33.6 Å². The molecular weight excluding hydrogens is 406 g/mol. The number of furan rings is 1. The number of carbonyl (C=O) groups is 1. The van der Waals surface area contributed by atoms with Crippen LogP contribution in [0.2, 0.25) is 0 Å². The fourth-order valence-corrected chi connectivity index (χ4v) is 3.59. The molecule has 170 valence electrons. The molecule has 0 aliphatic carbocycles. The van der Waals surface area contributed by atoms with Crippen molar-refractivity contribution in [3.05, 3.63) is 48.2 Å². The Kier molecular flexibility index (Phi) is 7.82. The second kappa shape index (κ2) is 10.8. The predicted octanol–water partition coefficient (Wildman–Crippen LogP) is 5.84. The summed E-state index contributed by atoms with van der Waals surface area (Å²) in [4.78, 5) is 12.3. The van der Waals surface area contributed by atoms with Crippen molar-refractivity contribution in [2.75, 3.05) is 27.4 Å². The van der Waals surface area contributed by atoms with Crippen molar-refractivity contribution in [1.29, 1.82) is 0 Å². The number of unbranched alkanes of at least 4 members (excludes halogenated alkanes) is 1. The Balaban J connectivity index is 2.10. The maximum Gasteiger partial charge on any atom is 0.244 e. The largest absolute Gasteiger partial charge is 0.497 e. The fourth-order valence-electron chi connectivity index (χ4n) is 3.59. The van der Waals surface area contributed by atoms with E-state index in [0.29, 0.717) is 30.2 Å². The lowest BCUT2D eigenvalue weighted by molar-refractivity contribution is -0.116. The van der Waals surface area contributed by atoms with Crippen molar-refractivity contribution in [1.82, 2.24) is 5.32 Å². The molecule has 0 aliphatic heterocycles. The summed E-state index contributed by atoms with van der Waals surface area (Å²) in [6.45, 7) is 7.11. The van der Waals surface area contributed by atoms with Gasteiger partial charge in [-0.15, -0.1) is 0 Å². The van der Waals surface area contributed by atoms with Crippen molar-refractivity contribution in [3.63, 3.8) is 0 Å². The Hall–Kier alpha value is -3.41. The summed E-state index contributed by atoms with van der Waals surface area (Å²) in [6, 6.07) is 9.52. The van der Waals surface area contributed by atoms with Gasteiger partial charge in [0.2, 0.25) is 5.91 Å². The number of rotatable bonds is 10. The van der Waals surface area contributed by atoms with Gasteiger partial charge >= 0.3 is 0 Å². The normalized spacial score (nSPS) is 11.5. The maximum atomic E-state index is 12.3. The van der Waals surface area contributed by atoms with Gasteiger partial charge in [0.1, 0.15) is 22.8 Å². The highest BCUT2D eigenvalue weighted by Crippen LogP contribution is 2.41. The average Bonchev–Trinajstić information content (AvgIpc) is 3.21. The number of fused-ring (bicyclic) bond motifs is 1. The number of amides is 1. The molecule has 1 heterocycles. The summed E-state index contributed by atoms with van der Waals surface area (Å²) >= 11 is 0. The molecular formula is C26H31NO5. The van der Waals surface area contributed by atoms with Gasteiger partial charge in [-0.3, -0.25) is 4.79 Å². The lowest BCUT2D eigenvalue weighted by atomic mass is 9.98. The first-order valence-electron chi connectivity index (χ1n) is 10.9. The van der Waals surface area contributed by atoms with Crippen molar-refractivity contribution < 1.29 is 23.4 Å². The molecule has 32 heavy (non-hydrogen) atoms. The molecule has 0 spiro atoms. The van der Waals surface area contributed by atoms with Gasteiger partial charge in [-0.2, -0.15) is 0 Å². The fraction of sp³-hybridized carbons (Fsp3) is 0.346. The minimum absolute atomic E-state index is 0.111. The van der Waals surface area contributed by atoms with Gasteiger partial charge < -0.3 is 23.9 Å². The average molecular weight is 438 g/mol. The van der Waals surface area contributed by atoms with Crippen molar-refractivity contribution in [2.24, 2.45) is 0 Å². The third-order valence-electron chi connectivity index (χ3n) is 5.27. The highest BCUT2D eigenvalue weighted by Gasteiger charge is 2.18. The Morgan fingerprint density at radius 1 is 1.06 bits per heavy atom. The van der Waals surface area contributed by atoms with Crippen LogP contribution in [0.5, 0.6) is 17.2 Å². The maximum absolute atomic E-state index is 12.3. The SMILES string of the molecule is CCCCNC(=O)/C=C(\C)c1cc2c(-c3cc(OC)ccc3OC)coc2cc1OCC. The quantitative estimate of drug-likeness (QED) is 0.319. The molecule has 0 bridgehead atoms. The standard InChI is InChI=1S/C26H31NO5/c1-6-8-11-27-26(28)12-17(3)19-14-21-22(16-32-25(21)15-24(19)31-7-2)20-13-18(29-4)9-10-23(20)30-5/h9-10,12-16H,6-8,11H2,1-5H3,(H,27,28)/b17-12+. The summed E-state index contributed by atoms with van der Waals surface area (Å²) < 4.78 is 22.7. The van der Waals surface area contributed by atoms with Gasteiger partial charge in [-0.05, 0) is 50.1 Å². The molecule has 6 nitrogen and oxygen atoms in total. The van der Waals surface area contributed by atoms with E-state index in [9.17, 15) is 4.79 Å². The van der Waals surface area contributed by atoms with Crippen LogP contribution in [0.1, 0.15) is 39.2 Å². The molecule has 0 radical (unpaired) electrons. The number of allylic oxidation sites excluding steroid dienone is 1. The number of methoxy groups -OCH3 is 2. The van der Waals surface area contributed by atoms with Crippen LogP contribution < -0.4 is 19.5 Å². The minimum Gasteiger partial charge on any atom is -0.497 e. The molecule has 1 N–H and O–H groups in total. The van der Waals surface area contributed by atoms with Gasteiger partial charge in [0.15, 0.2) is 0 Å². The number of ether oxygens (including phenoxy) is 3. The Labute approximate surface area is 189 Å². The second-order valence-corrected chi connectivity index (χ2v) is 7.47. The minimum atomic E-state index is -0.111. The van der Waals surface area contributed by atoms with Gasteiger partial charge in [0.05, 0.1) is 27.1 Å². The first-order chi connectivity index (χ1) is 15.5. The van der Waals surface area contributed by atoms with E-state index in [-0.39, 0.29) is 5.91 Å². The Morgan fingerprint density at radius 3 is 2.56 bits per heavy atom. The summed E-state index contributed by atoms with van der Waals surface area (Å²) in [6.07, 6.45) is 5.31. The zero-order chi connectivity index (χ0) is 23.1. The monoisotopic (exact) mass is 437 g/mol. The van der Waals surface area contributed by atoms with Gasteiger partial charge in [-0.25, -0.2) is 0 Å². The van der Waals surface area contributed by atoms with E-state index < -0.39 is 0 Å². The van der Waals surface area contributed by atoms with Gasteiger partial charge in [-0.1, -0.05) is 13.3 Å². The Bertz CT molecular complexity index is 1110. The van der Waals surface area contributed by atoms with E-state index in [0.717, 1.165) is 46.2 Å². The third kappa shape index (κ3) is 5.07. The molecule has 6 heteroatoms. The first-order valence-corrected chi connectivity index (χ1v) is 10.9. The highest BCUT2D eigenvalue weighted by atomic mass is 16.5. The third-order valence-corrected chi connectivity index (χ3v) is 5.27. The lowest BCUT2D eigenvalue weighted by Gasteiger charge is -2.13.